The molecule has 16 heavy (non-hydrogen) atoms. The highest BCUT2D eigenvalue weighted by atomic mass is 35.5. The van der Waals surface area contributed by atoms with Crippen molar-refractivity contribution in [3.05, 3.63) is 34.9 Å². The molecule has 0 saturated carbocycles. The normalized spacial score (nSPS) is 11.3. The number of hydrogen-bond acceptors (Lipinski definition) is 3. The summed E-state index contributed by atoms with van der Waals surface area (Å²) in [5.41, 5.74) is 4.00. The minimum Gasteiger partial charge on any atom is -0.272 e. The third-order valence-corrected chi connectivity index (χ3v) is 2.77. The van der Waals surface area contributed by atoms with Gasteiger partial charge in [-0.05, 0) is 19.2 Å². The first kappa shape index (κ1) is 13.1. The molecule has 0 aliphatic rings. The molecule has 3 nitrogen and oxygen atoms in total. The molecule has 0 spiro atoms. The number of carbonyl (C=O) groups is 1. The lowest BCUT2D eigenvalue weighted by Crippen LogP contribution is -2.21. The lowest BCUT2D eigenvalue weighted by atomic mass is 10.1. The molecule has 0 fully saturated rings. The van der Waals surface area contributed by atoms with Crippen molar-refractivity contribution < 1.29 is 4.79 Å². The van der Waals surface area contributed by atoms with E-state index >= 15 is 0 Å². The highest BCUT2D eigenvalue weighted by molar-refractivity contribution is 7.99. The van der Waals surface area contributed by atoms with Crippen molar-refractivity contribution in [2.24, 2.45) is 5.10 Å². The van der Waals surface area contributed by atoms with Crippen LogP contribution in [-0.4, -0.2) is 23.6 Å². The third-order valence-electron chi connectivity index (χ3n) is 1.89. The Morgan fingerprint density at radius 1 is 1.50 bits per heavy atom. The van der Waals surface area contributed by atoms with Crippen molar-refractivity contribution in [1.29, 1.82) is 0 Å². The quantitative estimate of drug-likeness (QED) is 0.665. The molecule has 1 amide bonds. The molecular formula is C11H13ClN2OS. The SMILES string of the molecule is CSCC(=O)N/N=C(\C)c1ccccc1Cl. The van der Waals surface area contributed by atoms with Gasteiger partial charge in [-0.25, -0.2) is 5.43 Å². The van der Waals surface area contributed by atoms with Crippen molar-refractivity contribution in [2.45, 2.75) is 6.92 Å². The zero-order valence-corrected chi connectivity index (χ0v) is 10.7. The fraction of sp³-hybridized carbons (Fsp3) is 0.273. The van der Waals surface area contributed by atoms with Gasteiger partial charge in [0.25, 0.3) is 0 Å². The lowest BCUT2D eigenvalue weighted by molar-refractivity contribution is -0.118. The first-order valence-electron chi connectivity index (χ1n) is 4.72. The fourth-order valence-corrected chi connectivity index (χ4v) is 1.72. The predicted molar refractivity (Wildman–Crippen MR) is 70.2 cm³/mol. The van der Waals surface area contributed by atoms with Gasteiger partial charge in [-0.1, -0.05) is 29.8 Å². The molecule has 1 aromatic rings. The van der Waals surface area contributed by atoms with Crippen molar-refractivity contribution in [3.8, 4) is 0 Å². The van der Waals surface area contributed by atoms with E-state index in [1.165, 1.54) is 11.8 Å². The monoisotopic (exact) mass is 256 g/mol. The predicted octanol–water partition coefficient (Wildman–Crippen LogP) is 2.54. The molecular weight excluding hydrogens is 244 g/mol. The average Bonchev–Trinajstić information content (AvgIpc) is 2.27. The van der Waals surface area contributed by atoms with Crippen molar-refractivity contribution >= 4 is 35.0 Å². The minimum atomic E-state index is -0.112. The first-order valence-corrected chi connectivity index (χ1v) is 6.49. The van der Waals surface area contributed by atoms with Gasteiger partial charge in [0.05, 0.1) is 11.5 Å². The van der Waals surface area contributed by atoms with Crippen LogP contribution in [0.4, 0.5) is 0 Å². The molecule has 0 aromatic heterocycles. The van der Waals surface area contributed by atoms with Crippen molar-refractivity contribution in [3.63, 3.8) is 0 Å². The molecule has 86 valence electrons. The number of hydrazone groups is 1. The van der Waals surface area contributed by atoms with Crippen LogP contribution in [0.1, 0.15) is 12.5 Å². The van der Waals surface area contributed by atoms with Crippen LogP contribution >= 0.6 is 23.4 Å². The highest BCUT2D eigenvalue weighted by Crippen LogP contribution is 2.15. The van der Waals surface area contributed by atoms with Crippen LogP contribution in [0.2, 0.25) is 5.02 Å². The topological polar surface area (TPSA) is 41.5 Å². The second kappa shape index (κ2) is 6.55. The van der Waals surface area contributed by atoms with E-state index in [-0.39, 0.29) is 5.91 Å². The molecule has 0 aliphatic heterocycles. The average molecular weight is 257 g/mol. The third kappa shape index (κ3) is 3.87. The van der Waals surface area contributed by atoms with Crippen LogP contribution in [0.25, 0.3) is 0 Å². The number of hydrogen-bond donors (Lipinski definition) is 1. The Morgan fingerprint density at radius 2 is 2.19 bits per heavy atom. The van der Waals surface area contributed by atoms with E-state index in [0.29, 0.717) is 16.5 Å². The minimum absolute atomic E-state index is 0.112. The second-order valence-corrected chi connectivity index (χ2v) is 4.42. The molecule has 0 bridgehead atoms. The van der Waals surface area contributed by atoms with Crippen LogP contribution in [0.5, 0.6) is 0 Å². The molecule has 5 heteroatoms. The van der Waals surface area contributed by atoms with Crippen molar-refractivity contribution in [1.82, 2.24) is 5.43 Å². The van der Waals surface area contributed by atoms with Crippen LogP contribution in [0.15, 0.2) is 29.4 Å². The molecule has 1 N–H and O–H groups in total. The summed E-state index contributed by atoms with van der Waals surface area (Å²) in [5, 5.41) is 4.62. The Hall–Kier alpha value is -1.00. The van der Waals surface area contributed by atoms with E-state index < -0.39 is 0 Å². The number of carbonyl (C=O) groups excluding carboxylic acids is 1. The molecule has 0 heterocycles. The van der Waals surface area contributed by atoms with Gasteiger partial charge in [0, 0.05) is 10.6 Å². The van der Waals surface area contributed by atoms with E-state index in [0.717, 1.165) is 5.56 Å². The summed E-state index contributed by atoms with van der Waals surface area (Å²) in [5.74, 6) is 0.290. The van der Waals surface area contributed by atoms with Crippen molar-refractivity contribution in [2.75, 3.05) is 12.0 Å². The summed E-state index contributed by atoms with van der Waals surface area (Å²) in [6, 6.07) is 7.39. The van der Waals surface area contributed by atoms with Crippen LogP contribution in [0.3, 0.4) is 0 Å². The number of nitrogens with one attached hydrogen (secondary N) is 1. The van der Waals surface area contributed by atoms with E-state index in [9.17, 15) is 4.79 Å². The van der Waals surface area contributed by atoms with E-state index in [2.05, 4.69) is 10.5 Å². The maximum absolute atomic E-state index is 11.2. The zero-order chi connectivity index (χ0) is 12.0. The summed E-state index contributed by atoms with van der Waals surface area (Å²) >= 11 is 7.45. The molecule has 0 saturated heterocycles. The number of thioether (sulfide) groups is 1. The Kier molecular flexibility index (Phi) is 5.35. The summed E-state index contributed by atoms with van der Waals surface area (Å²) in [6.07, 6.45) is 1.87. The Bertz CT molecular complexity index is 407. The van der Waals surface area contributed by atoms with Gasteiger partial charge in [-0.3, -0.25) is 4.79 Å². The molecule has 0 unspecified atom stereocenters. The summed E-state index contributed by atoms with van der Waals surface area (Å²) in [4.78, 5) is 11.2. The molecule has 1 aromatic carbocycles. The number of halogens is 1. The molecule has 1 rings (SSSR count). The molecule has 0 radical (unpaired) electrons. The second-order valence-electron chi connectivity index (χ2n) is 3.15. The first-order chi connectivity index (χ1) is 7.65. The Balaban J connectivity index is 2.71. The van der Waals surface area contributed by atoms with Gasteiger partial charge in [-0.2, -0.15) is 16.9 Å². The Labute approximate surface area is 104 Å². The standard InChI is InChI=1S/C11H13ClN2OS/c1-8(13-14-11(15)7-16-2)9-5-3-4-6-10(9)12/h3-6H,7H2,1-2H3,(H,14,15)/b13-8+. The Morgan fingerprint density at radius 3 is 2.81 bits per heavy atom. The van der Waals surface area contributed by atoms with Gasteiger partial charge < -0.3 is 0 Å². The summed E-state index contributed by atoms with van der Waals surface area (Å²) in [6.45, 7) is 1.81. The number of benzene rings is 1. The van der Waals surface area contributed by atoms with Crippen LogP contribution < -0.4 is 5.43 Å². The van der Waals surface area contributed by atoms with Gasteiger partial charge in [-0.15, -0.1) is 0 Å². The van der Waals surface area contributed by atoms with E-state index in [1.807, 2.05) is 24.5 Å². The summed E-state index contributed by atoms with van der Waals surface area (Å²) < 4.78 is 0. The fourth-order valence-electron chi connectivity index (χ4n) is 1.12. The zero-order valence-electron chi connectivity index (χ0n) is 9.16. The smallest absolute Gasteiger partial charge is 0.250 e. The molecule has 0 aliphatic carbocycles. The van der Waals surface area contributed by atoms with Gasteiger partial charge in [0.2, 0.25) is 5.91 Å². The maximum Gasteiger partial charge on any atom is 0.250 e. The van der Waals surface area contributed by atoms with E-state index in [1.54, 1.807) is 13.0 Å². The number of nitrogens with zero attached hydrogens (tertiary/aromatic N) is 1. The van der Waals surface area contributed by atoms with Gasteiger partial charge in [0.15, 0.2) is 0 Å². The van der Waals surface area contributed by atoms with Gasteiger partial charge in [0.1, 0.15) is 0 Å². The maximum atomic E-state index is 11.2. The highest BCUT2D eigenvalue weighted by Gasteiger charge is 2.03. The lowest BCUT2D eigenvalue weighted by Gasteiger charge is -2.03. The number of rotatable bonds is 4. The largest absolute Gasteiger partial charge is 0.272 e. The van der Waals surface area contributed by atoms with Crippen LogP contribution in [-0.2, 0) is 4.79 Å². The molecule has 0 atom stereocenters. The number of amides is 1. The van der Waals surface area contributed by atoms with Gasteiger partial charge >= 0.3 is 0 Å². The van der Waals surface area contributed by atoms with E-state index in [4.69, 9.17) is 11.6 Å². The van der Waals surface area contributed by atoms with Crippen LogP contribution in [0, 0.1) is 0 Å². The summed E-state index contributed by atoms with van der Waals surface area (Å²) in [7, 11) is 0.